The van der Waals surface area contributed by atoms with Crippen LogP contribution < -0.4 is 0 Å². The van der Waals surface area contributed by atoms with Gasteiger partial charge in [-0.2, -0.15) is 0 Å². The Labute approximate surface area is 106 Å². The van der Waals surface area contributed by atoms with Crippen LogP contribution in [-0.2, 0) is 4.74 Å². The van der Waals surface area contributed by atoms with Gasteiger partial charge in [-0.1, -0.05) is 39.5 Å². The average Bonchev–Trinajstić information content (AvgIpc) is 2.32. The first-order chi connectivity index (χ1) is 8.09. The normalized spacial score (nSPS) is 34.8. The molecule has 0 aromatic heterocycles. The SMILES string of the molecule is CC1(C)CCCC(OCC2CCCCC2)C1O. The predicted octanol–water partition coefficient (Wildman–Crippen LogP) is 3.52. The number of aliphatic hydroxyl groups is 1. The lowest BCUT2D eigenvalue weighted by Crippen LogP contribution is -2.45. The second-order valence-corrected chi connectivity index (χ2v) is 6.70. The van der Waals surface area contributed by atoms with Crippen LogP contribution in [0.1, 0.15) is 65.2 Å². The molecule has 0 aliphatic heterocycles. The van der Waals surface area contributed by atoms with Gasteiger partial charge in [0.2, 0.25) is 0 Å². The third kappa shape index (κ3) is 3.45. The van der Waals surface area contributed by atoms with Gasteiger partial charge < -0.3 is 9.84 Å². The van der Waals surface area contributed by atoms with E-state index < -0.39 is 0 Å². The zero-order valence-corrected chi connectivity index (χ0v) is 11.5. The topological polar surface area (TPSA) is 29.5 Å². The van der Waals surface area contributed by atoms with Crippen LogP contribution in [-0.4, -0.2) is 23.9 Å². The van der Waals surface area contributed by atoms with Crippen molar-refractivity contribution in [3.8, 4) is 0 Å². The van der Waals surface area contributed by atoms with Crippen molar-refractivity contribution in [3.63, 3.8) is 0 Å². The van der Waals surface area contributed by atoms with Gasteiger partial charge in [-0.15, -0.1) is 0 Å². The molecule has 2 saturated carbocycles. The Morgan fingerprint density at radius 2 is 1.76 bits per heavy atom. The van der Waals surface area contributed by atoms with Crippen LogP contribution >= 0.6 is 0 Å². The fourth-order valence-corrected chi connectivity index (χ4v) is 3.36. The number of ether oxygens (including phenoxy) is 1. The second kappa shape index (κ2) is 5.71. The first kappa shape index (κ1) is 13.4. The summed E-state index contributed by atoms with van der Waals surface area (Å²) in [6, 6.07) is 0. The molecule has 0 spiro atoms. The first-order valence-corrected chi connectivity index (χ1v) is 7.39. The van der Waals surface area contributed by atoms with Gasteiger partial charge in [0.05, 0.1) is 12.2 Å². The van der Waals surface area contributed by atoms with Crippen molar-refractivity contribution in [2.24, 2.45) is 11.3 Å². The van der Waals surface area contributed by atoms with Gasteiger partial charge in [-0.25, -0.2) is 0 Å². The Bertz CT molecular complexity index is 231. The van der Waals surface area contributed by atoms with Gasteiger partial charge in [-0.05, 0) is 37.0 Å². The Kier molecular flexibility index (Phi) is 4.48. The molecule has 2 unspecified atom stereocenters. The van der Waals surface area contributed by atoms with E-state index in [0.29, 0.717) is 0 Å². The Balaban J connectivity index is 1.77. The average molecular weight is 240 g/mol. The maximum atomic E-state index is 10.3. The molecule has 2 aliphatic carbocycles. The van der Waals surface area contributed by atoms with Gasteiger partial charge in [0.25, 0.3) is 0 Å². The molecule has 17 heavy (non-hydrogen) atoms. The molecule has 2 atom stereocenters. The number of hydrogen-bond acceptors (Lipinski definition) is 2. The van der Waals surface area contributed by atoms with Crippen LogP contribution in [0.5, 0.6) is 0 Å². The molecular formula is C15H28O2. The van der Waals surface area contributed by atoms with Crippen LogP contribution in [0.3, 0.4) is 0 Å². The monoisotopic (exact) mass is 240 g/mol. The Hall–Kier alpha value is -0.0800. The maximum Gasteiger partial charge on any atom is 0.0852 e. The largest absolute Gasteiger partial charge is 0.390 e. The van der Waals surface area contributed by atoms with Gasteiger partial charge >= 0.3 is 0 Å². The van der Waals surface area contributed by atoms with E-state index in [9.17, 15) is 5.11 Å². The van der Waals surface area contributed by atoms with E-state index in [-0.39, 0.29) is 17.6 Å². The van der Waals surface area contributed by atoms with Crippen LogP contribution in [0, 0.1) is 11.3 Å². The molecule has 2 aliphatic rings. The molecule has 2 rings (SSSR count). The zero-order chi connectivity index (χ0) is 12.3. The summed E-state index contributed by atoms with van der Waals surface area (Å²) in [5, 5.41) is 10.3. The predicted molar refractivity (Wildman–Crippen MR) is 70.0 cm³/mol. The standard InChI is InChI=1S/C15H28O2/c1-15(2)10-6-9-13(14(15)16)17-11-12-7-4-3-5-8-12/h12-14,16H,3-11H2,1-2H3. The molecule has 0 aromatic rings. The minimum atomic E-state index is -0.278. The molecule has 100 valence electrons. The molecule has 0 heterocycles. The summed E-state index contributed by atoms with van der Waals surface area (Å²) >= 11 is 0. The van der Waals surface area contributed by atoms with Crippen molar-refractivity contribution in [2.45, 2.75) is 77.4 Å². The third-order valence-corrected chi connectivity index (χ3v) is 4.73. The van der Waals surface area contributed by atoms with E-state index >= 15 is 0 Å². The lowest BCUT2D eigenvalue weighted by atomic mass is 9.73. The molecule has 1 N–H and O–H groups in total. The van der Waals surface area contributed by atoms with Crippen molar-refractivity contribution < 1.29 is 9.84 Å². The highest BCUT2D eigenvalue weighted by molar-refractivity contribution is 4.89. The first-order valence-electron chi connectivity index (χ1n) is 7.39. The molecular weight excluding hydrogens is 212 g/mol. The van der Waals surface area contributed by atoms with Crippen molar-refractivity contribution in [1.82, 2.24) is 0 Å². The Morgan fingerprint density at radius 1 is 1.06 bits per heavy atom. The van der Waals surface area contributed by atoms with Crippen LogP contribution in [0.15, 0.2) is 0 Å². The molecule has 2 heteroatoms. The second-order valence-electron chi connectivity index (χ2n) is 6.70. The summed E-state index contributed by atoms with van der Waals surface area (Å²) in [5.41, 5.74) is 0.0372. The molecule has 0 saturated heterocycles. The molecule has 2 nitrogen and oxygen atoms in total. The summed E-state index contributed by atoms with van der Waals surface area (Å²) < 4.78 is 6.02. The zero-order valence-electron chi connectivity index (χ0n) is 11.5. The van der Waals surface area contributed by atoms with Crippen LogP contribution in [0.4, 0.5) is 0 Å². The molecule has 2 fully saturated rings. The van der Waals surface area contributed by atoms with Crippen LogP contribution in [0.25, 0.3) is 0 Å². The summed E-state index contributed by atoms with van der Waals surface area (Å²) in [7, 11) is 0. The van der Waals surface area contributed by atoms with Gasteiger partial charge in [0.15, 0.2) is 0 Å². The van der Waals surface area contributed by atoms with E-state index in [1.165, 1.54) is 38.5 Å². The van der Waals surface area contributed by atoms with Crippen LogP contribution in [0.2, 0.25) is 0 Å². The Morgan fingerprint density at radius 3 is 2.47 bits per heavy atom. The van der Waals surface area contributed by atoms with Crippen molar-refractivity contribution in [1.29, 1.82) is 0 Å². The summed E-state index contributed by atoms with van der Waals surface area (Å²) in [4.78, 5) is 0. The number of rotatable bonds is 3. The van der Waals surface area contributed by atoms with Gasteiger partial charge in [0, 0.05) is 6.61 Å². The highest BCUT2D eigenvalue weighted by Gasteiger charge is 2.38. The fourth-order valence-electron chi connectivity index (χ4n) is 3.36. The fraction of sp³-hybridized carbons (Fsp3) is 1.00. The molecule has 0 radical (unpaired) electrons. The van der Waals surface area contributed by atoms with E-state index in [1.54, 1.807) is 0 Å². The van der Waals surface area contributed by atoms with E-state index in [2.05, 4.69) is 13.8 Å². The van der Waals surface area contributed by atoms with Crippen molar-refractivity contribution in [3.05, 3.63) is 0 Å². The third-order valence-electron chi connectivity index (χ3n) is 4.73. The minimum Gasteiger partial charge on any atom is -0.390 e. The summed E-state index contributed by atoms with van der Waals surface area (Å²) in [6.45, 7) is 5.19. The van der Waals surface area contributed by atoms with Crippen molar-refractivity contribution >= 4 is 0 Å². The molecule has 0 amide bonds. The molecule has 0 aromatic carbocycles. The summed E-state index contributed by atoms with van der Waals surface area (Å²) in [5.74, 6) is 0.751. The highest BCUT2D eigenvalue weighted by Crippen LogP contribution is 2.37. The number of hydrogen-bond donors (Lipinski definition) is 1. The smallest absolute Gasteiger partial charge is 0.0852 e. The van der Waals surface area contributed by atoms with Gasteiger partial charge in [-0.3, -0.25) is 0 Å². The molecule has 0 bridgehead atoms. The van der Waals surface area contributed by atoms with E-state index in [0.717, 1.165) is 25.4 Å². The van der Waals surface area contributed by atoms with Gasteiger partial charge in [0.1, 0.15) is 0 Å². The van der Waals surface area contributed by atoms with E-state index in [4.69, 9.17) is 4.74 Å². The number of aliphatic hydroxyl groups excluding tert-OH is 1. The lowest BCUT2D eigenvalue weighted by Gasteiger charge is -2.41. The lowest BCUT2D eigenvalue weighted by molar-refractivity contribution is -0.120. The maximum absolute atomic E-state index is 10.3. The van der Waals surface area contributed by atoms with Crippen molar-refractivity contribution in [2.75, 3.05) is 6.61 Å². The van der Waals surface area contributed by atoms with E-state index in [1.807, 2.05) is 0 Å². The summed E-state index contributed by atoms with van der Waals surface area (Å²) in [6.07, 6.45) is 9.95. The highest BCUT2D eigenvalue weighted by atomic mass is 16.5. The minimum absolute atomic E-state index is 0.0372. The quantitative estimate of drug-likeness (QED) is 0.818.